The van der Waals surface area contributed by atoms with Gasteiger partial charge < -0.3 is 11.1 Å². The summed E-state index contributed by atoms with van der Waals surface area (Å²) in [5.74, 6) is 0. The van der Waals surface area contributed by atoms with Gasteiger partial charge in [0.1, 0.15) is 0 Å². The Labute approximate surface area is 61.2 Å². The lowest BCUT2D eigenvalue weighted by atomic mass is 9.88. The average molecular weight is 139 g/mol. The topological polar surface area (TPSA) is 61.8 Å². The van der Waals surface area contributed by atoms with Gasteiger partial charge in [0.25, 0.3) is 0 Å². The van der Waals surface area contributed by atoms with Crippen molar-refractivity contribution in [3.05, 3.63) is 0 Å². The van der Waals surface area contributed by atoms with Gasteiger partial charge in [-0.15, -0.1) is 0 Å². The monoisotopic (exact) mass is 139 g/mol. The van der Waals surface area contributed by atoms with E-state index in [9.17, 15) is 0 Å². The van der Waals surface area contributed by atoms with Gasteiger partial charge in [0, 0.05) is 25.0 Å². The van der Waals surface area contributed by atoms with Crippen LogP contribution in [-0.2, 0) is 0 Å². The minimum atomic E-state index is 0.402. The van der Waals surface area contributed by atoms with E-state index in [0.29, 0.717) is 18.5 Å². The van der Waals surface area contributed by atoms with Gasteiger partial charge in [-0.2, -0.15) is 5.26 Å². The summed E-state index contributed by atoms with van der Waals surface area (Å²) in [7, 11) is 0. The molecule has 0 aromatic heterocycles. The molecule has 0 saturated heterocycles. The van der Waals surface area contributed by atoms with Crippen molar-refractivity contribution >= 4 is 0 Å². The molecule has 3 N–H and O–H groups in total. The molecular formula is C7H13N3. The smallest absolute Gasteiger partial charge is 0.0635 e. The molecule has 0 bridgehead atoms. The number of nitriles is 1. The molecule has 0 aromatic rings. The largest absolute Gasteiger partial charge is 0.328 e. The standard InChI is InChI=1S/C7H13N3/c8-2-1-3-10-7-4-6(9)5-7/h6-7,10H,1,3-5,9H2. The third-order valence-corrected chi connectivity index (χ3v) is 1.84. The fourth-order valence-corrected chi connectivity index (χ4v) is 1.16. The maximum absolute atomic E-state index is 8.21. The first kappa shape index (κ1) is 7.52. The SMILES string of the molecule is N#CCCNC1CC(N)C1. The first-order valence-corrected chi connectivity index (χ1v) is 3.69. The lowest BCUT2D eigenvalue weighted by molar-refractivity contribution is 0.295. The molecule has 0 unspecified atom stereocenters. The van der Waals surface area contributed by atoms with Crippen molar-refractivity contribution in [1.82, 2.24) is 5.32 Å². The van der Waals surface area contributed by atoms with Gasteiger partial charge in [-0.1, -0.05) is 0 Å². The average Bonchev–Trinajstić information content (AvgIpc) is 1.85. The predicted octanol–water partition coefficient (Wildman–Crippen LogP) is -0.0206. The summed E-state index contributed by atoms with van der Waals surface area (Å²) in [4.78, 5) is 0. The molecule has 1 aliphatic rings. The van der Waals surface area contributed by atoms with Gasteiger partial charge in [-0.3, -0.25) is 0 Å². The van der Waals surface area contributed by atoms with Crippen molar-refractivity contribution in [2.45, 2.75) is 31.3 Å². The van der Waals surface area contributed by atoms with Crippen LogP contribution in [0.3, 0.4) is 0 Å². The molecule has 1 rings (SSSR count). The lowest BCUT2D eigenvalue weighted by Crippen LogP contribution is -2.48. The molecular weight excluding hydrogens is 126 g/mol. The Morgan fingerprint density at radius 1 is 1.60 bits per heavy atom. The van der Waals surface area contributed by atoms with Gasteiger partial charge in [0.2, 0.25) is 0 Å². The fourth-order valence-electron chi connectivity index (χ4n) is 1.16. The highest BCUT2D eigenvalue weighted by Crippen LogP contribution is 2.16. The number of nitrogens with zero attached hydrogens (tertiary/aromatic N) is 1. The van der Waals surface area contributed by atoms with Crippen molar-refractivity contribution in [3.63, 3.8) is 0 Å². The molecule has 3 nitrogen and oxygen atoms in total. The normalized spacial score (nSPS) is 30.8. The maximum Gasteiger partial charge on any atom is 0.0635 e. The second-order valence-corrected chi connectivity index (χ2v) is 2.79. The van der Waals surface area contributed by atoms with Crippen LogP contribution < -0.4 is 11.1 Å². The number of hydrogen-bond acceptors (Lipinski definition) is 3. The van der Waals surface area contributed by atoms with E-state index >= 15 is 0 Å². The van der Waals surface area contributed by atoms with E-state index in [-0.39, 0.29) is 0 Å². The summed E-state index contributed by atoms with van der Waals surface area (Å²) >= 11 is 0. The van der Waals surface area contributed by atoms with Gasteiger partial charge in [0.15, 0.2) is 0 Å². The number of nitrogens with one attached hydrogen (secondary N) is 1. The van der Waals surface area contributed by atoms with Crippen LogP contribution in [-0.4, -0.2) is 18.6 Å². The van der Waals surface area contributed by atoms with Crippen molar-refractivity contribution in [3.8, 4) is 6.07 Å². The Kier molecular flexibility index (Phi) is 2.67. The molecule has 1 aliphatic carbocycles. The molecule has 0 radical (unpaired) electrons. The van der Waals surface area contributed by atoms with E-state index in [2.05, 4.69) is 11.4 Å². The Bertz CT molecular complexity index is 132. The van der Waals surface area contributed by atoms with Crippen LogP contribution >= 0.6 is 0 Å². The molecule has 0 aliphatic heterocycles. The fraction of sp³-hybridized carbons (Fsp3) is 0.857. The van der Waals surface area contributed by atoms with Gasteiger partial charge >= 0.3 is 0 Å². The molecule has 3 heteroatoms. The van der Waals surface area contributed by atoms with Crippen LogP contribution in [0.2, 0.25) is 0 Å². The Morgan fingerprint density at radius 2 is 2.30 bits per heavy atom. The third kappa shape index (κ3) is 1.98. The molecule has 0 heterocycles. The van der Waals surface area contributed by atoms with Crippen LogP contribution in [0.4, 0.5) is 0 Å². The minimum Gasteiger partial charge on any atom is -0.328 e. The molecule has 0 aromatic carbocycles. The zero-order chi connectivity index (χ0) is 7.40. The summed E-state index contributed by atoms with van der Waals surface area (Å²) in [5, 5.41) is 11.5. The molecule has 1 fully saturated rings. The molecule has 56 valence electrons. The van der Waals surface area contributed by atoms with Crippen LogP contribution in [0.5, 0.6) is 0 Å². The van der Waals surface area contributed by atoms with E-state index in [1.54, 1.807) is 0 Å². The number of hydrogen-bond donors (Lipinski definition) is 2. The first-order chi connectivity index (χ1) is 4.83. The number of nitrogens with two attached hydrogens (primary N) is 1. The second kappa shape index (κ2) is 3.55. The van der Waals surface area contributed by atoms with Gasteiger partial charge in [0.05, 0.1) is 6.07 Å². The summed E-state index contributed by atoms with van der Waals surface area (Å²) in [6, 6.07) is 3.08. The van der Waals surface area contributed by atoms with Crippen LogP contribution in [0.15, 0.2) is 0 Å². The highest BCUT2D eigenvalue weighted by atomic mass is 14.9. The first-order valence-electron chi connectivity index (χ1n) is 3.69. The Balaban J connectivity index is 1.91. The molecule has 0 spiro atoms. The van der Waals surface area contributed by atoms with Crippen molar-refractivity contribution < 1.29 is 0 Å². The summed E-state index contributed by atoms with van der Waals surface area (Å²) in [6.07, 6.45) is 2.75. The molecule has 0 atom stereocenters. The molecule has 0 amide bonds. The second-order valence-electron chi connectivity index (χ2n) is 2.79. The van der Waals surface area contributed by atoms with Gasteiger partial charge in [-0.05, 0) is 12.8 Å². The zero-order valence-electron chi connectivity index (χ0n) is 6.01. The summed E-state index contributed by atoms with van der Waals surface area (Å²) < 4.78 is 0. The van der Waals surface area contributed by atoms with E-state index in [1.807, 2.05) is 0 Å². The Morgan fingerprint density at radius 3 is 2.80 bits per heavy atom. The predicted molar refractivity (Wildman–Crippen MR) is 39.2 cm³/mol. The van der Waals surface area contributed by atoms with E-state index in [0.717, 1.165) is 19.4 Å². The van der Waals surface area contributed by atoms with Crippen molar-refractivity contribution in [1.29, 1.82) is 5.26 Å². The maximum atomic E-state index is 8.21. The lowest BCUT2D eigenvalue weighted by Gasteiger charge is -2.32. The van der Waals surface area contributed by atoms with E-state index in [4.69, 9.17) is 11.0 Å². The third-order valence-electron chi connectivity index (χ3n) is 1.84. The number of rotatable bonds is 3. The summed E-state index contributed by atoms with van der Waals surface area (Å²) in [5.41, 5.74) is 5.57. The zero-order valence-corrected chi connectivity index (χ0v) is 6.01. The van der Waals surface area contributed by atoms with Crippen LogP contribution in [0.1, 0.15) is 19.3 Å². The van der Waals surface area contributed by atoms with Crippen molar-refractivity contribution in [2.75, 3.05) is 6.54 Å². The van der Waals surface area contributed by atoms with Crippen molar-refractivity contribution in [2.24, 2.45) is 5.73 Å². The summed E-state index contributed by atoms with van der Waals surface area (Å²) in [6.45, 7) is 0.813. The Hall–Kier alpha value is -0.590. The van der Waals surface area contributed by atoms with Crippen LogP contribution in [0.25, 0.3) is 0 Å². The van der Waals surface area contributed by atoms with E-state index in [1.165, 1.54) is 0 Å². The molecule has 10 heavy (non-hydrogen) atoms. The minimum absolute atomic E-state index is 0.402. The highest BCUT2D eigenvalue weighted by molar-refractivity contribution is 4.88. The quantitative estimate of drug-likeness (QED) is 0.540. The molecule has 1 saturated carbocycles. The van der Waals surface area contributed by atoms with E-state index < -0.39 is 0 Å². The van der Waals surface area contributed by atoms with Crippen LogP contribution in [0, 0.1) is 11.3 Å². The highest BCUT2D eigenvalue weighted by Gasteiger charge is 2.24. The van der Waals surface area contributed by atoms with Gasteiger partial charge in [-0.25, -0.2) is 0 Å².